The van der Waals surface area contributed by atoms with Gasteiger partial charge in [0.1, 0.15) is 11.5 Å². The van der Waals surface area contributed by atoms with Crippen LogP contribution in [0.4, 0.5) is 11.4 Å². The van der Waals surface area contributed by atoms with Gasteiger partial charge in [-0.05, 0) is 38.1 Å². The third-order valence-corrected chi connectivity index (χ3v) is 3.68. The van der Waals surface area contributed by atoms with Crippen molar-refractivity contribution < 1.29 is 28.7 Å². The number of anilines is 1. The van der Waals surface area contributed by atoms with Gasteiger partial charge in [-0.25, -0.2) is 4.79 Å². The van der Waals surface area contributed by atoms with Crippen molar-refractivity contribution in [2.75, 3.05) is 19.0 Å². The number of nitrogens with zero attached hydrogens (tertiary/aromatic N) is 1. The first kappa shape index (κ1) is 20.7. The molecule has 0 heterocycles. The van der Waals surface area contributed by atoms with Crippen LogP contribution in [0.3, 0.4) is 0 Å². The van der Waals surface area contributed by atoms with Crippen LogP contribution in [0.5, 0.6) is 11.5 Å². The monoisotopic (exact) mass is 388 g/mol. The highest BCUT2D eigenvalue weighted by Gasteiger charge is 2.19. The maximum absolute atomic E-state index is 12.4. The van der Waals surface area contributed by atoms with Gasteiger partial charge >= 0.3 is 5.97 Å². The predicted octanol–water partition coefficient (Wildman–Crippen LogP) is 3.19. The van der Waals surface area contributed by atoms with Gasteiger partial charge in [-0.3, -0.25) is 14.9 Å². The van der Waals surface area contributed by atoms with E-state index in [-0.39, 0.29) is 23.7 Å². The van der Waals surface area contributed by atoms with Crippen LogP contribution in [0.1, 0.15) is 24.2 Å². The fourth-order valence-electron chi connectivity index (χ4n) is 2.31. The van der Waals surface area contributed by atoms with Crippen molar-refractivity contribution in [3.8, 4) is 11.5 Å². The molecule has 1 N–H and O–H groups in total. The summed E-state index contributed by atoms with van der Waals surface area (Å²) in [6, 6.07) is 10.1. The summed E-state index contributed by atoms with van der Waals surface area (Å²) < 4.78 is 15.6. The molecule has 0 bridgehead atoms. The van der Waals surface area contributed by atoms with Gasteiger partial charge in [0.25, 0.3) is 11.6 Å². The molecule has 0 aromatic heterocycles. The van der Waals surface area contributed by atoms with Crippen molar-refractivity contribution >= 4 is 23.3 Å². The molecule has 2 aromatic rings. The SMILES string of the molecule is CCOC(=O)c1cccc(O[C@H](C)C(=O)Nc2cc([N+](=O)[O-])ccc2OC)c1. The molecule has 2 aromatic carbocycles. The second-order valence-corrected chi connectivity index (χ2v) is 5.64. The van der Waals surface area contributed by atoms with Gasteiger partial charge in [-0.15, -0.1) is 0 Å². The molecule has 1 atom stereocenters. The van der Waals surface area contributed by atoms with Crippen molar-refractivity contribution in [2.24, 2.45) is 0 Å². The Morgan fingerprint density at radius 3 is 2.61 bits per heavy atom. The topological polar surface area (TPSA) is 117 Å². The molecular weight excluding hydrogens is 368 g/mol. The number of carbonyl (C=O) groups is 2. The van der Waals surface area contributed by atoms with E-state index in [9.17, 15) is 19.7 Å². The average molecular weight is 388 g/mol. The molecule has 0 aliphatic carbocycles. The summed E-state index contributed by atoms with van der Waals surface area (Å²) in [7, 11) is 1.39. The van der Waals surface area contributed by atoms with Crippen molar-refractivity contribution in [1.29, 1.82) is 0 Å². The van der Waals surface area contributed by atoms with E-state index in [1.807, 2.05) is 0 Å². The summed E-state index contributed by atoms with van der Waals surface area (Å²) in [5.41, 5.74) is 0.261. The molecule has 0 saturated heterocycles. The van der Waals surface area contributed by atoms with Crippen LogP contribution in [0, 0.1) is 10.1 Å². The lowest BCUT2D eigenvalue weighted by atomic mass is 10.2. The summed E-state index contributed by atoms with van der Waals surface area (Å²) >= 11 is 0. The van der Waals surface area contributed by atoms with Crippen LogP contribution in [0.2, 0.25) is 0 Å². The van der Waals surface area contributed by atoms with Gasteiger partial charge in [0.2, 0.25) is 0 Å². The fraction of sp³-hybridized carbons (Fsp3) is 0.263. The molecule has 0 aliphatic rings. The first-order valence-electron chi connectivity index (χ1n) is 8.42. The summed E-state index contributed by atoms with van der Waals surface area (Å²) in [6.45, 7) is 3.46. The van der Waals surface area contributed by atoms with E-state index in [2.05, 4.69) is 5.32 Å². The molecule has 28 heavy (non-hydrogen) atoms. The van der Waals surface area contributed by atoms with Crippen molar-refractivity contribution in [3.05, 3.63) is 58.1 Å². The Kier molecular flexibility index (Phi) is 6.91. The minimum Gasteiger partial charge on any atom is -0.495 e. The number of ether oxygens (including phenoxy) is 3. The van der Waals surface area contributed by atoms with Gasteiger partial charge in [0.05, 0.1) is 29.9 Å². The highest BCUT2D eigenvalue weighted by Crippen LogP contribution is 2.29. The van der Waals surface area contributed by atoms with Gasteiger partial charge < -0.3 is 19.5 Å². The standard InChI is InChI=1S/C19H20N2O7/c1-4-27-19(23)13-6-5-7-15(10-13)28-12(2)18(22)20-16-11-14(21(24)25)8-9-17(16)26-3/h5-12H,4H2,1-3H3,(H,20,22)/t12-/m1/s1. The summed E-state index contributed by atoms with van der Waals surface area (Å²) in [5.74, 6) is -0.457. The van der Waals surface area contributed by atoms with Crippen LogP contribution in [0.15, 0.2) is 42.5 Å². The van der Waals surface area contributed by atoms with E-state index >= 15 is 0 Å². The van der Waals surface area contributed by atoms with Crippen molar-refractivity contribution in [2.45, 2.75) is 20.0 Å². The lowest BCUT2D eigenvalue weighted by Gasteiger charge is -2.16. The third kappa shape index (κ3) is 5.19. The normalized spacial score (nSPS) is 11.2. The molecule has 9 heteroatoms. The molecule has 9 nitrogen and oxygen atoms in total. The fourth-order valence-corrected chi connectivity index (χ4v) is 2.31. The van der Waals surface area contributed by atoms with E-state index in [4.69, 9.17) is 14.2 Å². The smallest absolute Gasteiger partial charge is 0.338 e. The van der Waals surface area contributed by atoms with Crippen molar-refractivity contribution in [3.63, 3.8) is 0 Å². The Hall–Kier alpha value is -3.62. The Balaban J connectivity index is 2.11. The predicted molar refractivity (Wildman–Crippen MR) is 101 cm³/mol. The number of hydrogen-bond donors (Lipinski definition) is 1. The molecule has 148 valence electrons. The van der Waals surface area contributed by atoms with Crippen LogP contribution in [0.25, 0.3) is 0 Å². The maximum atomic E-state index is 12.4. The number of non-ortho nitro benzene ring substituents is 1. The van der Waals surface area contributed by atoms with Crippen LogP contribution >= 0.6 is 0 Å². The number of rotatable bonds is 8. The lowest BCUT2D eigenvalue weighted by Crippen LogP contribution is -2.30. The van der Waals surface area contributed by atoms with E-state index in [1.54, 1.807) is 25.1 Å². The number of nitro benzene ring substituents is 1. The minimum absolute atomic E-state index is 0.150. The summed E-state index contributed by atoms with van der Waals surface area (Å²) in [4.78, 5) is 34.6. The number of nitro groups is 1. The molecule has 0 spiro atoms. The second-order valence-electron chi connectivity index (χ2n) is 5.64. The minimum atomic E-state index is -0.943. The molecule has 0 radical (unpaired) electrons. The van der Waals surface area contributed by atoms with E-state index < -0.39 is 22.9 Å². The molecular formula is C19H20N2O7. The molecule has 0 unspecified atom stereocenters. The molecule has 0 fully saturated rings. The lowest BCUT2D eigenvalue weighted by molar-refractivity contribution is -0.384. The first-order chi connectivity index (χ1) is 13.3. The van der Waals surface area contributed by atoms with Gasteiger partial charge in [-0.1, -0.05) is 6.07 Å². The van der Waals surface area contributed by atoms with Gasteiger partial charge in [-0.2, -0.15) is 0 Å². The largest absolute Gasteiger partial charge is 0.495 e. The number of methoxy groups -OCH3 is 1. The van der Waals surface area contributed by atoms with Crippen LogP contribution in [-0.2, 0) is 9.53 Å². The number of hydrogen-bond acceptors (Lipinski definition) is 7. The second kappa shape index (κ2) is 9.36. The zero-order chi connectivity index (χ0) is 20.7. The number of nitrogens with one attached hydrogen (secondary N) is 1. The third-order valence-electron chi connectivity index (χ3n) is 3.68. The molecule has 0 aliphatic heterocycles. The zero-order valence-electron chi connectivity index (χ0n) is 15.6. The molecule has 1 amide bonds. The van der Waals surface area contributed by atoms with E-state index in [0.717, 1.165) is 0 Å². The molecule has 2 rings (SSSR count). The number of carbonyl (C=O) groups excluding carboxylic acids is 2. The number of amides is 1. The first-order valence-corrected chi connectivity index (χ1v) is 8.42. The Morgan fingerprint density at radius 1 is 1.21 bits per heavy atom. The number of esters is 1. The Labute approximate surface area is 161 Å². The van der Waals surface area contributed by atoms with Gasteiger partial charge in [0.15, 0.2) is 6.10 Å². The van der Waals surface area contributed by atoms with E-state index in [0.29, 0.717) is 11.3 Å². The van der Waals surface area contributed by atoms with Gasteiger partial charge in [0, 0.05) is 12.1 Å². The quantitative estimate of drug-likeness (QED) is 0.419. The molecule has 0 saturated carbocycles. The zero-order valence-corrected chi connectivity index (χ0v) is 15.6. The van der Waals surface area contributed by atoms with Crippen LogP contribution in [-0.4, -0.2) is 36.6 Å². The highest BCUT2D eigenvalue weighted by molar-refractivity contribution is 5.96. The highest BCUT2D eigenvalue weighted by atomic mass is 16.6. The Morgan fingerprint density at radius 2 is 1.96 bits per heavy atom. The average Bonchev–Trinajstić information content (AvgIpc) is 2.68. The number of benzene rings is 2. The summed E-state index contributed by atoms with van der Waals surface area (Å²) in [5, 5.41) is 13.5. The Bertz CT molecular complexity index is 882. The van der Waals surface area contributed by atoms with Crippen LogP contribution < -0.4 is 14.8 Å². The van der Waals surface area contributed by atoms with E-state index in [1.165, 1.54) is 38.3 Å². The van der Waals surface area contributed by atoms with Crippen molar-refractivity contribution in [1.82, 2.24) is 0 Å². The maximum Gasteiger partial charge on any atom is 0.338 e. The summed E-state index contributed by atoms with van der Waals surface area (Å²) in [6.07, 6.45) is -0.943.